The topological polar surface area (TPSA) is 42.4 Å². The molecule has 1 aromatic carbocycles. The van der Waals surface area contributed by atoms with E-state index < -0.39 is 32.5 Å². The fourth-order valence-electron chi connectivity index (χ4n) is 2.90. The Morgan fingerprint density at radius 1 is 1.10 bits per heavy atom. The van der Waals surface area contributed by atoms with Crippen LogP contribution in [0.4, 0.5) is 17.6 Å². The van der Waals surface area contributed by atoms with E-state index in [-0.39, 0.29) is 45.3 Å². The van der Waals surface area contributed by atoms with Gasteiger partial charge >= 0.3 is 6.18 Å². The van der Waals surface area contributed by atoms with Gasteiger partial charge in [-0.2, -0.15) is 13.2 Å². The Hall–Kier alpha value is -1.83. The predicted octanol–water partition coefficient (Wildman–Crippen LogP) is 6.77. The number of pyridine rings is 1. The zero-order valence-corrected chi connectivity index (χ0v) is 19.0. The number of hydrogen-bond acceptors (Lipinski definition) is 3. The molecule has 0 spiro atoms. The molecule has 1 N–H and O–H groups in total. The van der Waals surface area contributed by atoms with Gasteiger partial charge in [0.1, 0.15) is 0 Å². The summed E-state index contributed by atoms with van der Waals surface area (Å²) in [6.45, 7) is 13.8. The predicted molar refractivity (Wildman–Crippen MR) is 109 cm³/mol. The van der Waals surface area contributed by atoms with Crippen LogP contribution in [0.5, 0.6) is 11.6 Å². The molecule has 2 rings (SSSR count). The Morgan fingerprint density at radius 2 is 1.69 bits per heavy atom. The van der Waals surface area contributed by atoms with Crippen LogP contribution in [0.25, 0.3) is 10.9 Å². The summed E-state index contributed by atoms with van der Waals surface area (Å²) in [4.78, 5) is 4.44. The molecule has 0 radical (unpaired) electrons. The van der Waals surface area contributed by atoms with Crippen molar-refractivity contribution in [3.05, 3.63) is 29.1 Å². The van der Waals surface area contributed by atoms with Gasteiger partial charge in [0, 0.05) is 10.9 Å². The van der Waals surface area contributed by atoms with Gasteiger partial charge in [0.15, 0.2) is 11.6 Å². The van der Waals surface area contributed by atoms with E-state index in [1.807, 2.05) is 47.7 Å². The van der Waals surface area contributed by atoms with Crippen LogP contribution in [0.2, 0.25) is 18.1 Å². The van der Waals surface area contributed by atoms with Crippen molar-refractivity contribution in [2.24, 2.45) is 5.92 Å². The number of aromatic nitrogens is 1. The summed E-state index contributed by atoms with van der Waals surface area (Å²) in [5, 5.41) is 9.85. The van der Waals surface area contributed by atoms with Gasteiger partial charge in [-0.1, -0.05) is 34.6 Å². The number of benzene rings is 1. The minimum absolute atomic E-state index is 0.0127. The lowest BCUT2D eigenvalue weighted by molar-refractivity contribution is -0.127. The largest absolute Gasteiger partial charge is 0.530 e. The highest BCUT2D eigenvalue weighted by molar-refractivity contribution is 6.74. The van der Waals surface area contributed by atoms with Crippen molar-refractivity contribution in [2.45, 2.75) is 71.8 Å². The maximum absolute atomic E-state index is 14.0. The van der Waals surface area contributed by atoms with E-state index in [1.54, 1.807) is 0 Å². The summed E-state index contributed by atoms with van der Waals surface area (Å²) < 4.78 is 60.7. The highest BCUT2D eigenvalue weighted by atomic mass is 28.4. The highest BCUT2D eigenvalue weighted by Gasteiger charge is 2.41. The second-order valence-corrected chi connectivity index (χ2v) is 14.1. The van der Waals surface area contributed by atoms with Gasteiger partial charge in [-0.3, -0.25) is 0 Å². The van der Waals surface area contributed by atoms with Crippen molar-refractivity contribution < 1.29 is 27.1 Å². The molecule has 0 aliphatic heterocycles. The zero-order chi connectivity index (χ0) is 22.4. The molecule has 3 nitrogen and oxygen atoms in total. The SMILES string of the molecule is CC(C)Cc1c(O[Si](C)(C)C(C)(C)C)nc2ccc(F)c(O)c2c1CC(F)(F)F. The lowest BCUT2D eigenvalue weighted by Gasteiger charge is -2.37. The maximum Gasteiger partial charge on any atom is 0.393 e. The molecule has 0 fully saturated rings. The number of halogens is 4. The van der Waals surface area contributed by atoms with Crippen LogP contribution in [0, 0.1) is 11.7 Å². The summed E-state index contributed by atoms with van der Waals surface area (Å²) in [6.07, 6.45) is -5.56. The van der Waals surface area contributed by atoms with Crippen LogP contribution in [-0.2, 0) is 12.8 Å². The maximum atomic E-state index is 14.0. The smallest absolute Gasteiger partial charge is 0.393 e. The molecule has 0 atom stereocenters. The van der Waals surface area contributed by atoms with E-state index in [0.29, 0.717) is 0 Å². The van der Waals surface area contributed by atoms with Crippen LogP contribution in [-0.4, -0.2) is 24.6 Å². The first-order chi connectivity index (χ1) is 13.0. The molecule has 162 valence electrons. The van der Waals surface area contributed by atoms with Crippen LogP contribution in [0.3, 0.4) is 0 Å². The van der Waals surface area contributed by atoms with Crippen LogP contribution in [0.15, 0.2) is 12.1 Å². The molecule has 0 bridgehead atoms. The van der Waals surface area contributed by atoms with Gasteiger partial charge in [-0.05, 0) is 48.2 Å². The van der Waals surface area contributed by atoms with Crippen LogP contribution >= 0.6 is 0 Å². The second kappa shape index (κ2) is 7.78. The minimum Gasteiger partial charge on any atom is -0.530 e. The van der Waals surface area contributed by atoms with Crippen molar-refractivity contribution in [3.8, 4) is 11.6 Å². The molecule has 1 aromatic heterocycles. The third-order valence-corrected chi connectivity index (χ3v) is 9.72. The minimum atomic E-state index is -4.53. The van der Waals surface area contributed by atoms with Crippen molar-refractivity contribution in [2.75, 3.05) is 0 Å². The number of alkyl halides is 3. The Balaban J connectivity index is 2.88. The van der Waals surface area contributed by atoms with Crippen molar-refractivity contribution in [1.29, 1.82) is 0 Å². The molecule has 2 aromatic rings. The highest BCUT2D eigenvalue weighted by Crippen LogP contribution is 2.42. The van der Waals surface area contributed by atoms with Gasteiger partial charge in [0.2, 0.25) is 5.88 Å². The lowest BCUT2D eigenvalue weighted by Crippen LogP contribution is -2.44. The summed E-state index contributed by atoms with van der Waals surface area (Å²) in [5.74, 6) is -1.61. The molecule has 0 amide bonds. The van der Waals surface area contributed by atoms with Gasteiger partial charge in [0.25, 0.3) is 8.32 Å². The first-order valence-electron chi connectivity index (χ1n) is 9.62. The van der Waals surface area contributed by atoms with E-state index in [1.165, 1.54) is 6.07 Å². The molecule has 0 unspecified atom stereocenters. The van der Waals surface area contributed by atoms with Crippen LogP contribution in [0.1, 0.15) is 45.7 Å². The molecule has 0 aliphatic carbocycles. The molecule has 0 saturated carbocycles. The summed E-state index contributed by atoms with van der Waals surface area (Å²) in [5.41, 5.74) is 0.210. The number of aromatic hydroxyl groups is 1. The Kier molecular flexibility index (Phi) is 6.29. The van der Waals surface area contributed by atoms with Crippen molar-refractivity contribution in [3.63, 3.8) is 0 Å². The number of rotatable bonds is 5. The first kappa shape index (κ1) is 23.4. The van der Waals surface area contributed by atoms with E-state index in [4.69, 9.17) is 4.43 Å². The first-order valence-corrected chi connectivity index (χ1v) is 12.5. The molecule has 29 heavy (non-hydrogen) atoms. The number of nitrogens with zero attached hydrogens (tertiary/aromatic N) is 1. The summed E-state index contributed by atoms with van der Waals surface area (Å²) in [7, 11) is -2.40. The molecule has 8 heteroatoms. The molecular formula is C21H29F4NO2Si. The average molecular weight is 432 g/mol. The molecule has 0 saturated heterocycles. The number of hydrogen-bond donors (Lipinski definition) is 1. The molecular weight excluding hydrogens is 402 g/mol. The lowest BCUT2D eigenvalue weighted by atomic mass is 9.93. The third-order valence-electron chi connectivity index (χ3n) is 5.40. The Bertz CT molecular complexity index is 902. The Labute approximate surface area is 170 Å². The fourth-order valence-corrected chi connectivity index (χ4v) is 3.85. The second-order valence-electron chi connectivity index (χ2n) is 9.42. The monoisotopic (exact) mass is 431 g/mol. The quantitative estimate of drug-likeness (QED) is 0.420. The number of phenolic OH excluding ortho intramolecular Hbond substituents is 1. The van der Waals surface area contributed by atoms with Gasteiger partial charge < -0.3 is 9.53 Å². The summed E-state index contributed by atoms with van der Waals surface area (Å²) in [6, 6.07) is 2.28. The standard InChI is InChI=1S/C21H29F4NO2Si/c1-12(2)10-13-14(11-21(23,24)25)17-16(9-8-15(22)18(17)27)26-19(13)28-29(6,7)20(3,4)5/h8-9,12,27H,10-11H2,1-7H3. The van der Waals surface area contributed by atoms with Crippen molar-refractivity contribution >= 4 is 19.2 Å². The average Bonchev–Trinajstić information content (AvgIpc) is 2.51. The fraction of sp³-hybridized carbons (Fsp3) is 0.571. The number of phenols is 1. The van der Waals surface area contributed by atoms with E-state index in [0.717, 1.165) is 6.07 Å². The summed E-state index contributed by atoms with van der Waals surface area (Å²) >= 11 is 0. The normalized spacial score (nSPS) is 13.4. The van der Waals surface area contributed by atoms with Gasteiger partial charge in [-0.25, -0.2) is 9.37 Å². The van der Waals surface area contributed by atoms with Gasteiger partial charge in [-0.15, -0.1) is 0 Å². The van der Waals surface area contributed by atoms with Gasteiger partial charge in [0.05, 0.1) is 11.9 Å². The van der Waals surface area contributed by atoms with E-state index in [2.05, 4.69) is 4.98 Å². The third kappa shape index (κ3) is 5.21. The van der Waals surface area contributed by atoms with E-state index in [9.17, 15) is 22.7 Å². The van der Waals surface area contributed by atoms with E-state index >= 15 is 0 Å². The zero-order valence-electron chi connectivity index (χ0n) is 18.0. The Morgan fingerprint density at radius 3 is 2.17 bits per heavy atom. The molecule has 0 aliphatic rings. The van der Waals surface area contributed by atoms with Crippen LogP contribution < -0.4 is 4.43 Å². The number of fused-ring (bicyclic) bond motifs is 1. The van der Waals surface area contributed by atoms with Crippen molar-refractivity contribution in [1.82, 2.24) is 4.98 Å². The molecule has 1 heterocycles.